The molecule has 3 heteroatoms. The Bertz CT molecular complexity index is 676. The van der Waals surface area contributed by atoms with Crippen LogP contribution in [-0.4, -0.2) is 16.1 Å². The SMILES string of the molecule is CCc1cccc2c(CC(=O)O)c3c(nc12)CCCC3. The van der Waals surface area contributed by atoms with E-state index in [-0.39, 0.29) is 6.42 Å². The van der Waals surface area contributed by atoms with Crippen molar-refractivity contribution >= 4 is 16.9 Å². The minimum absolute atomic E-state index is 0.106. The predicted molar refractivity (Wildman–Crippen MR) is 79.1 cm³/mol. The summed E-state index contributed by atoms with van der Waals surface area (Å²) in [7, 11) is 0. The van der Waals surface area contributed by atoms with E-state index in [1.165, 1.54) is 11.1 Å². The molecule has 0 bridgehead atoms. The first-order chi connectivity index (χ1) is 9.70. The molecule has 0 radical (unpaired) electrons. The van der Waals surface area contributed by atoms with E-state index in [2.05, 4.69) is 13.0 Å². The second-order valence-corrected chi connectivity index (χ2v) is 5.46. The van der Waals surface area contributed by atoms with Gasteiger partial charge in [-0.25, -0.2) is 0 Å². The molecule has 1 heterocycles. The van der Waals surface area contributed by atoms with Gasteiger partial charge in [-0.1, -0.05) is 25.1 Å². The van der Waals surface area contributed by atoms with Gasteiger partial charge >= 0.3 is 5.97 Å². The largest absolute Gasteiger partial charge is 0.481 e. The first-order valence-electron chi connectivity index (χ1n) is 7.34. The first-order valence-corrected chi connectivity index (χ1v) is 7.34. The van der Waals surface area contributed by atoms with Crippen molar-refractivity contribution in [2.45, 2.75) is 45.4 Å². The summed E-state index contributed by atoms with van der Waals surface area (Å²) < 4.78 is 0. The number of nitrogens with zero attached hydrogens (tertiary/aromatic N) is 1. The van der Waals surface area contributed by atoms with E-state index >= 15 is 0 Å². The fraction of sp³-hybridized carbons (Fsp3) is 0.412. The zero-order valence-corrected chi connectivity index (χ0v) is 11.8. The number of rotatable bonds is 3. The van der Waals surface area contributed by atoms with Gasteiger partial charge in [-0.2, -0.15) is 0 Å². The lowest BCUT2D eigenvalue weighted by Crippen LogP contribution is -2.13. The fourth-order valence-electron chi connectivity index (χ4n) is 3.24. The molecule has 0 amide bonds. The predicted octanol–water partition coefficient (Wildman–Crippen LogP) is 3.30. The van der Waals surface area contributed by atoms with Crippen LogP contribution in [0.25, 0.3) is 10.9 Å². The number of aromatic nitrogens is 1. The number of carboxylic acid groups (broad SMARTS) is 1. The van der Waals surface area contributed by atoms with E-state index in [1.807, 2.05) is 12.1 Å². The molecule has 3 nitrogen and oxygen atoms in total. The van der Waals surface area contributed by atoms with Gasteiger partial charge in [-0.05, 0) is 48.8 Å². The van der Waals surface area contributed by atoms with Crippen LogP contribution in [0.2, 0.25) is 0 Å². The van der Waals surface area contributed by atoms with Crippen molar-refractivity contribution in [1.29, 1.82) is 0 Å². The van der Waals surface area contributed by atoms with Crippen molar-refractivity contribution in [2.75, 3.05) is 0 Å². The van der Waals surface area contributed by atoms with Crippen molar-refractivity contribution in [3.63, 3.8) is 0 Å². The molecular formula is C17H19NO2. The quantitative estimate of drug-likeness (QED) is 0.930. The third-order valence-corrected chi connectivity index (χ3v) is 4.20. The van der Waals surface area contributed by atoms with Gasteiger partial charge in [0.2, 0.25) is 0 Å². The van der Waals surface area contributed by atoms with Crippen LogP contribution < -0.4 is 0 Å². The highest BCUT2D eigenvalue weighted by molar-refractivity contribution is 5.89. The number of para-hydroxylation sites is 1. The molecule has 0 spiro atoms. The molecule has 0 saturated carbocycles. The molecule has 20 heavy (non-hydrogen) atoms. The number of carbonyl (C=O) groups is 1. The molecule has 0 atom stereocenters. The van der Waals surface area contributed by atoms with E-state index in [1.54, 1.807) is 0 Å². The Kier molecular flexibility index (Phi) is 3.43. The summed E-state index contributed by atoms with van der Waals surface area (Å²) in [6.07, 6.45) is 5.28. The van der Waals surface area contributed by atoms with Gasteiger partial charge in [-0.15, -0.1) is 0 Å². The summed E-state index contributed by atoms with van der Waals surface area (Å²) in [6.45, 7) is 2.12. The van der Waals surface area contributed by atoms with E-state index in [0.29, 0.717) is 0 Å². The van der Waals surface area contributed by atoms with Gasteiger partial charge in [-0.3, -0.25) is 9.78 Å². The van der Waals surface area contributed by atoms with Crippen molar-refractivity contribution in [3.05, 3.63) is 40.6 Å². The Morgan fingerprint density at radius 3 is 2.85 bits per heavy atom. The number of fused-ring (bicyclic) bond motifs is 2. The number of hydrogen-bond acceptors (Lipinski definition) is 2. The van der Waals surface area contributed by atoms with Crippen molar-refractivity contribution in [3.8, 4) is 0 Å². The van der Waals surface area contributed by atoms with Gasteiger partial charge in [0, 0.05) is 11.1 Å². The van der Waals surface area contributed by atoms with Crippen molar-refractivity contribution in [2.24, 2.45) is 0 Å². The van der Waals surface area contributed by atoms with Gasteiger partial charge < -0.3 is 5.11 Å². The molecular weight excluding hydrogens is 250 g/mol. The molecule has 104 valence electrons. The molecule has 1 aliphatic rings. The average molecular weight is 269 g/mol. The fourth-order valence-corrected chi connectivity index (χ4v) is 3.24. The van der Waals surface area contributed by atoms with E-state index < -0.39 is 5.97 Å². The maximum atomic E-state index is 11.2. The van der Waals surface area contributed by atoms with Crippen LogP contribution >= 0.6 is 0 Å². The van der Waals surface area contributed by atoms with Crippen LogP contribution in [0.4, 0.5) is 0 Å². The van der Waals surface area contributed by atoms with Crippen LogP contribution in [0.1, 0.15) is 42.1 Å². The third-order valence-electron chi connectivity index (χ3n) is 4.20. The highest BCUT2D eigenvalue weighted by Gasteiger charge is 2.20. The number of carboxylic acids is 1. The van der Waals surface area contributed by atoms with E-state index in [9.17, 15) is 9.90 Å². The summed E-state index contributed by atoms with van der Waals surface area (Å²) in [5, 5.41) is 10.3. The minimum Gasteiger partial charge on any atom is -0.481 e. The molecule has 0 unspecified atom stereocenters. The zero-order chi connectivity index (χ0) is 14.1. The molecule has 1 N–H and O–H groups in total. The molecule has 1 aromatic heterocycles. The highest BCUT2D eigenvalue weighted by atomic mass is 16.4. The highest BCUT2D eigenvalue weighted by Crippen LogP contribution is 2.31. The molecule has 3 rings (SSSR count). The van der Waals surface area contributed by atoms with Crippen molar-refractivity contribution in [1.82, 2.24) is 4.98 Å². The number of aliphatic carboxylic acids is 1. The average Bonchev–Trinajstić information content (AvgIpc) is 2.46. The maximum Gasteiger partial charge on any atom is 0.307 e. The monoisotopic (exact) mass is 269 g/mol. The Balaban J connectivity index is 2.32. The van der Waals surface area contributed by atoms with Gasteiger partial charge in [0.25, 0.3) is 0 Å². The molecule has 0 aliphatic heterocycles. The summed E-state index contributed by atoms with van der Waals surface area (Å²) >= 11 is 0. The van der Waals surface area contributed by atoms with Gasteiger partial charge in [0.1, 0.15) is 0 Å². The van der Waals surface area contributed by atoms with E-state index in [4.69, 9.17) is 4.98 Å². The molecule has 0 fully saturated rings. The Hall–Kier alpha value is -1.90. The third kappa shape index (κ3) is 2.17. The smallest absolute Gasteiger partial charge is 0.307 e. The lowest BCUT2D eigenvalue weighted by molar-refractivity contribution is -0.136. The van der Waals surface area contributed by atoms with Crippen LogP contribution in [0.3, 0.4) is 0 Å². The lowest BCUT2D eigenvalue weighted by Gasteiger charge is -2.21. The summed E-state index contributed by atoms with van der Waals surface area (Å²) in [4.78, 5) is 16.1. The second-order valence-electron chi connectivity index (χ2n) is 5.46. The van der Waals surface area contributed by atoms with Gasteiger partial charge in [0.05, 0.1) is 11.9 Å². The van der Waals surface area contributed by atoms with Crippen LogP contribution in [0.15, 0.2) is 18.2 Å². The summed E-state index contributed by atoms with van der Waals surface area (Å²) in [6, 6.07) is 6.13. The summed E-state index contributed by atoms with van der Waals surface area (Å²) in [5.41, 5.74) is 5.53. The second kappa shape index (κ2) is 5.23. The Morgan fingerprint density at radius 2 is 2.10 bits per heavy atom. The maximum absolute atomic E-state index is 11.2. The topological polar surface area (TPSA) is 50.2 Å². The Labute approximate surface area is 118 Å². The number of aryl methyl sites for hydroxylation is 2. The molecule has 1 aliphatic carbocycles. The van der Waals surface area contributed by atoms with Crippen LogP contribution in [-0.2, 0) is 30.5 Å². The molecule has 0 saturated heterocycles. The number of benzene rings is 1. The minimum atomic E-state index is -0.757. The summed E-state index contributed by atoms with van der Waals surface area (Å²) in [5.74, 6) is -0.757. The standard InChI is InChI=1S/C17H19NO2/c1-2-11-6-5-8-13-14(10-16(19)20)12-7-3-4-9-15(12)18-17(11)13/h5-6,8H,2-4,7,9-10H2,1H3,(H,19,20). The first kappa shape index (κ1) is 13.1. The Morgan fingerprint density at radius 1 is 1.30 bits per heavy atom. The van der Waals surface area contributed by atoms with Gasteiger partial charge in [0.15, 0.2) is 0 Å². The van der Waals surface area contributed by atoms with E-state index in [0.717, 1.165) is 54.3 Å². The van der Waals surface area contributed by atoms with Crippen LogP contribution in [0, 0.1) is 0 Å². The molecule has 2 aromatic rings. The molecule has 1 aromatic carbocycles. The number of hydrogen-bond donors (Lipinski definition) is 1. The van der Waals surface area contributed by atoms with Crippen LogP contribution in [0.5, 0.6) is 0 Å². The normalized spacial score (nSPS) is 14.2. The van der Waals surface area contributed by atoms with Crippen molar-refractivity contribution < 1.29 is 9.90 Å². The zero-order valence-electron chi connectivity index (χ0n) is 11.8. The number of pyridine rings is 1. The lowest BCUT2D eigenvalue weighted by atomic mass is 9.88.